The van der Waals surface area contributed by atoms with Gasteiger partial charge in [0, 0.05) is 38.9 Å². The molecule has 6 heteroatoms. The summed E-state index contributed by atoms with van der Waals surface area (Å²) in [4.78, 5) is 13.8. The average Bonchev–Trinajstić information content (AvgIpc) is 2.72. The molecule has 0 bridgehead atoms. The van der Waals surface area contributed by atoms with E-state index >= 15 is 0 Å². The van der Waals surface area contributed by atoms with Crippen LogP contribution < -0.4 is 15.0 Å². The molecule has 0 saturated carbocycles. The highest BCUT2D eigenvalue weighted by Crippen LogP contribution is 2.12. The molecule has 6 nitrogen and oxygen atoms in total. The molecular formula is C20H27N5O. The maximum Gasteiger partial charge on any atom is 0.194 e. The van der Waals surface area contributed by atoms with Gasteiger partial charge in [0.2, 0.25) is 0 Å². The molecule has 0 unspecified atom stereocenters. The van der Waals surface area contributed by atoms with Crippen LogP contribution in [0.5, 0.6) is 5.75 Å². The monoisotopic (exact) mass is 353 g/mol. The van der Waals surface area contributed by atoms with Crippen LogP contribution in [-0.4, -0.2) is 61.7 Å². The number of aliphatic imine (C=N–C) groups is 1. The Kier molecular flexibility index (Phi) is 6.70. The Hall–Kier alpha value is -2.76. The number of hydrogen-bond acceptors (Lipinski definition) is 4. The molecule has 1 N–H and O–H groups in total. The first-order chi connectivity index (χ1) is 12.9. The molecule has 138 valence electrons. The van der Waals surface area contributed by atoms with Crippen molar-refractivity contribution >= 4 is 11.8 Å². The van der Waals surface area contributed by atoms with E-state index in [4.69, 9.17) is 9.73 Å². The SMILES string of the molecule is CCNC(=NCCOc1ccccc1)N1CCN(c2ccccn2)CC1. The van der Waals surface area contributed by atoms with Crippen LogP contribution in [0.3, 0.4) is 0 Å². The molecule has 0 aliphatic carbocycles. The van der Waals surface area contributed by atoms with E-state index in [0.717, 1.165) is 50.3 Å². The lowest BCUT2D eigenvalue weighted by Crippen LogP contribution is -2.52. The molecular weight excluding hydrogens is 326 g/mol. The first kappa shape index (κ1) is 18.0. The summed E-state index contributed by atoms with van der Waals surface area (Å²) in [6, 6.07) is 15.9. The van der Waals surface area contributed by atoms with Gasteiger partial charge in [-0.05, 0) is 31.2 Å². The molecule has 0 radical (unpaired) electrons. The van der Waals surface area contributed by atoms with Gasteiger partial charge in [0.25, 0.3) is 0 Å². The van der Waals surface area contributed by atoms with Crippen molar-refractivity contribution in [1.29, 1.82) is 0 Å². The Morgan fingerprint density at radius 2 is 1.85 bits per heavy atom. The van der Waals surface area contributed by atoms with Gasteiger partial charge in [-0.15, -0.1) is 0 Å². The number of hydrogen-bond donors (Lipinski definition) is 1. The summed E-state index contributed by atoms with van der Waals surface area (Å²) in [7, 11) is 0. The van der Waals surface area contributed by atoms with E-state index < -0.39 is 0 Å². The first-order valence-electron chi connectivity index (χ1n) is 9.24. The number of guanidine groups is 1. The molecule has 3 rings (SSSR count). The summed E-state index contributed by atoms with van der Waals surface area (Å²) in [6.45, 7) is 7.93. The zero-order chi connectivity index (χ0) is 18.0. The van der Waals surface area contributed by atoms with Crippen molar-refractivity contribution in [3.05, 3.63) is 54.7 Å². The van der Waals surface area contributed by atoms with Gasteiger partial charge < -0.3 is 19.9 Å². The Morgan fingerprint density at radius 1 is 1.08 bits per heavy atom. The minimum atomic E-state index is 0.576. The van der Waals surface area contributed by atoms with E-state index in [0.29, 0.717) is 13.2 Å². The molecule has 1 fully saturated rings. The Balaban J connectivity index is 1.50. The number of pyridine rings is 1. The van der Waals surface area contributed by atoms with Crippen molar-refractivity contribution in [1.82, 2.24) is 15.2 Å². The summed E-state index contributed by atoms with van der Waals surface area (Å²) in [5.74, 6) is 2.90. The third-order valence-corrected chi connectivity index (χ3v) is 4.25. The number of ether oxygens (including phenoxy) is 1. The van der Waals surface area contributed by atoms with Crippen LogP contribution in [0.2, 0.25) is 0 Å². The summed E-state index contributed by atoms with van der Waals surface area (Å²) >= 11 is 0. The van der Waals surface area contributed by atoms with Gasteiger partial charge in [0.1, 0.15) is 18.2 Å². The third-order valence-electron chi connectivity index (χ3n) is 4.25. The molecule has 0 spiro atoms. The smallest absolute Gasteiger partial charge is 0.194 e. The van der Waals surface area contributed by atoms with Crippen LogP contribution in [0.25, 0.3) is 0 Å². The lowest BCUT2D eigenvalue weighted by molar-refractivity contribution is 0.325. The van der Waals surface area contributed by atoms with Crippen LogP contribution in [-0.2, 0) is 0 Å². The largest absolute Gasteiger partial charge is 0.492 e. The van der Waals surface area contributed by atoms with Gasteiger partial charge in [-0.25, -0.2) is 9.98 Å². The molecule has 1 saturated heterocycles. The predicted molar refractivity (Wildman–Crippen MR) is 106 cm³/mol. The molecule has 0 atom stereocenters. The number of piperazine rings is 1. The molecule has 1 aromatic heterocycles. The van der Waals surface area contributed by atoms with Crippen LogP contribution >= 0.6 is 0 Å². The second-order valence-electron chi connectivity index (χ2n) is 6.06. The Labute approximate surface area is 155 Å². The topological polar surface area (TPSA) is 53.0 Å². The first-order valence-corrected chi connectivity index (χ1v) is 9.24. The summed E-state index contributed by atoms with van der Waals surface area (Å²) < 4.78 is 5.73. The average molecular weight is 353 g/mol. The third kappa shape index (κ3) is 5.12. The Morgan fingerprint density at radius 3 is 2.54 bits per heavy atom. The van der Waals surface area contributed by atoms with Crippen LogP contribution in [0.1, 0.15) is 6.92 Å². The van der Waals surface area contributed by atoms with E-state index in [-0.39, 0.29) is 0 Å². The van der Waals surface area contributed by atoms with Crippen molar-refractivity contribution in [3.8, 4) is 5.75 Å². The predicted octanol–water partition coefficient (Wildman–Crippen LogP) is 2.25. The fourth-order valence-electron chi connectivity index (χ4n) is 2.95. The maximum atomic E-state index is 5.73. The highest BCUT2D eigenvalue weighted by atomic mass is 16.5. The van der Waals surface area contributed by atoms with E-state index in [1.165, 1.54) is 0 Å². The highest BCUT2D eigenvalue weighted by Gasteiger charge is 2.20. The van der Waals surface area contributed by atoms with Gasteiger partial charge in [-0.1, -0.05) is 24.3 Å². The van der Waals surface area contributed by atoms with E-state index in [1.807, 2.05) is 48.7 Å². The van der Waals surface area contributed by atoms with E-state index in [1.54, 1.807) is 0 Å². The highest BCUT2D eigenvalue weighted by molar-refractivity contribution is 5.80. The molecule has 0 amide bonds. The van der Waals surface area contributed by atoms with E-state index in [9.17, 15) is 0 Å². The maximum absolute atomic E-state index is 5.73. The number of aromatic nitrogens is 1. The van der Waals surface area contributed by atoms with E-state index in [2.05, 4.69) is 33.1 Å². The molecule has 1 aliphatic heterocycles. The quantitative estimate of drug-likeness (QED) is 0.490. The number of para-hydroxylation sites is 1. The van der Waals surface area contributed by atoms with Gasteiger partial charge in [-0.2, -0.15) is 0 Å². The second kappa shape index (κ2) is 9.65. The van der Waals surface area contributed by atoms with Crippen molar-refractivity contribution < 1.29 is 4.74 Å². The number of anilines is 1. The van der Waals surface area contributed by atoms with Crippen molar-refractivity contribution in [3.63, 3.8) is 0 Å². The minimum Gasteiger partial charge on any atom is -0.492 e. The molecule has 1 aromatic carbocycles. The summed E-state index contributed by atoms with van der Waals surface area (Å²) in [5.41, 5.74) is 0. The van der Waals surface area contributed by atoms with Gasteiger partial charge in [0.15, 0.2) is 5.96 Å². The van der Waals surface area contributed by atoms with Crippen molar-refractivity contribution in [2.45, 2.75) is 6.92 Å². The second-order valence-corrected chi connectivity index (χ2v) is 6.06. The van der Waals surface area contributed by atoms with Gasteiger partial charge >= 0.3 is 0 Å². The molecule has 26 heavy (non-hydrogen) atoms. The fraction of sp³-hybridized carbons (Fsp3) is 0.400. The standard InChI is InChI=1S/C20H27N5O/c1-2-21-20(23-12-17-26-18-8-4-3-5-9-18)25-15-13-24(14-16-25)19-10-6-7-11-22-19/h3-11H,2,12-17H2,1H3,(H,21,23). The van der Waals surface area contributed by atoms with Gasteiger partial charge in [-0.3, -0.25) is 0 Å². The minimum absolute atomic E-state index is 0.576. The van der Waals surface area contributed by atoms with Crippen molar-refractivity contribution in [2.75, 3.05) is 50.8 Å². The normalized spacial score (nSPS) is 15.0. The Bertz CT molecular complexity index is 669. The summed E-state index contributed by atoms with van der Waals surface area (Å²) in [6.07, 6.45) is 1.85. The molecule has 1 aliphatic rings. The number of rotatable bonds is 6. The van der Waals surface area contributed by atoms with Crippen LogP contribution in [0, 0.1) is 0 Å². The number of benzene rings is 1. The number of nitrogens with one attached hydrogen (secondary N) is 1. The summed E-state index contributed by atoms with van der Waals surface area (Å²) in [5, 5.41) is 3.39. The zero-order valence-electron chi connectivity index (χ0n) is 15.3. The van der Waals surface area contributed by atoms with Gasteiger partial charge in [0.05, 0.1) is 6.54 Å². The fourth-order valence-corrected chi connectivity index (χ4v) is 2.95. The van der Waals surface area contributed by atoms with Crippen LogP contribution in [0.15, 0.2) is 59.7 Å². The van der Waals surface area contributed by atoms with Crippen LogP contribution in [0.4, 0.5) is 5.82 Å². The number of nitrogens with zero attached hydrogens (tertiary/aromatic N) is 4. The lowest BCUT2D eigenvalue weighted by atomic mass is 10.3. The molecule has 2 heterocycles. The zero-order valence-corrected chi connectivity index (χ0v) is 15.3. The lowest BCUT2D eigenvalue weighted by Gasteiger charge is -2.37. The molecule has 2 aromatic rings. The van der Waals surface area contributed by atoms with Crippen molar-refractivity contribution in [2.24, 2.45) is 4.99 Å².